The van der Waals surface area contributed by atoms with Crippen LogP contribution >= 0.6 is 0 Å². The third-order valence-corrected chi connectivity index (χ3v) is 10.1. The first-order valence-electron chi connectivity index (χ1n) is 12.5. The second kappa shape index (κ2) is 6.93. The number of aliphatic hydroxyl groups is 2. The van der Waals surface area contributed by atoms with Crippen molar-refractivity contribution in [2.45, 2.75) is 110 Å². The fraction of sp³-hybridized carbons (Fsp3) is 0.852. The largest absolute Gasteiger partial charge is 0.390 e. The number of hydrogen-bond donors (Lipinski definition) is 2. The van der Waals surface area contributed by atoms with E-state index in [1.54, 1.807) is 5.57 Å². The van der Waals surface area contributed by atoms with Crippen molar-refractivity contribution in [3.05, 3.63) is 23.3 Å². The summed E-state index contributed by atoms with van der Waals surface area (Å²) in [4.78, 5) is 0. The van der Waals surface area contributed by atoms with E-state index in [9.17, 15) is 10.2 Å². The van der Waals surface area contributed by atoms with Crippen molar-refractivity contribution < 1.29 is 14.9 Å². The quantitative estimate of drug-likeness (QED) is 0.591. The molecule has 9 atom stereocenters. The monoisotopic (exact) mass is 414 g/mol. The molecular formula is C27H42O3. The van der Waals surface area contributed by atoms with Crippen molar-refractivity contribution in [1.29, 1.82) is 0 Å². The Labute approximate surface area is 183 Å². The molecule has 2 N–H and O–H groups in total. The lowest BCUT2D eigenvalue weighted by molar-refractivity contribution is 0.0367. The Morgan fingerprint density at radius 1 is 1.17 bits per heavy atom. The van der Waals surface area contributed by atoms with Gasteiger partial charge in [-0.3, -0.25) is 0 Å². The van der Waals surface area contributed by atoms with E-state index in [1.165, 1.54) is 37.7 Å². The highest BCUT2D eigenvalue weighted by molar-refractivity contribution is 5.42. The molecule has 0 radical (unpaired) electrons. The van der Waals surface area contributed by atoms with Gasteiger partial charge in [0.2, 0.25) is 0 Å². The Morgan fingerprint density at radius 2 is 1.93 bits per heavy atom. The summed E-state index contributed by atoms with van der Waals surface area (Å²) in [6.45, 7) is 11.3. The maximum atomic E-state index is 10.4. The molecule has 30 heavy (non-hydrogen) atoms. The van der Waals surface area contributed by atoms with Gasteiger partial charge in [0.25, 0.3) is 0 Å². The molecule has 1 heterocycles. The van der Waals surface area contributed by atoms with Crippen LogP contribution < -0.4 is 0 Å². The highest BCUT2D eigenvalue weighted by Gasteiger charge is 2.66. The molecule has 0 aromatic rings. The standard InChI is InChI=1S/C27H42O3/c1-16(7-6-13-25(2,3)29)19-10-11-20-18-9-8-17-15-22(28)23-24(30-23)27(17,5)21(18)12-14-26(19,20)4/h8-9,16,19-24,28-29H,6-7,10-15H2,1-5H3/t16-,19-,20+,21+,22-,23+,24+,26-,27+/m1/s1. The van der Waals surface area contributed by atoms with Gasteiger partial charge in [-0.05, 0) is 81.5 Å². The van der Waals surface area contributed by atoms with E-state index in [1.807, 2.05) is 13.8 Å². The minimum Gasteiger partial charge on any atom is -0.390 e. The van der Waals surface area contributed by atoms with Crippen LogP contribution in [0.4, 0.5) is 0 Å². The van der Waals surface area contributed by atoms with E-state index < -0.39 is 5.60 Å². The van der Waals surface area contributed by atoms with Gasteiger partial charge in [-0.25, -0.2) is 0 Å². The first kappa shape index (κ1) is 21.2. The zero-order valence-corrected chi connectivity index (χ0v) is 19.7. The lowest BCUT2D eigenvalue weighted by Gasteiger charge is -2.54. The number of rotatable bonds is 5. The third-order valence-electron chi connectivity index (χ3n) is 10.1. The predicted molar refractivity (Wildman–Crippen MR) is 120 cm³/mol. The summed E-state index contributed by atoms with van der Waals surface area (Å²) in [5.41, 5.74) is 3.11. The molecule has 0 aromatic heterocycles. The molecule has 1 aliphatic heterocycles. The molecule has 0 spiro atoms. The zero-order chi connectivity index (χ0) is 21.5. The average Bonchev–Trinajstić information content (AvgIpc) is 3.39. The summed E-state index contributed by atoms with van der Waals surface area (Å²) >= 11 is 0. The summed E-state index contributed by atoms with van der Waals surface area (Å²) < 4.78 is 6.04. The first-order valence-corrected chi connectivity index (χ1v) is 12.5. The Kier molecular flexibility index (Phi) is 4.90. The number of aliphatic hydroxyl groups excluding tert-OH is 1. The molecule has 0 aromatic carbocycles. The van der Waals surface area contributed by atoms with E-state index >= 15 is 0 Å². The van der Waals surface area contributed by atoms with Gasteiger partial charge < -0.3 is 14.9 Å². The van der Waals surface area contributed by atoms with Gasteiger partial charge in [0.15, 0.2) is 0 Å². The van der Waals surface area contributed by atoms with Crippen molar-refractivity contribution in [2.24, 2.45) is 34.5 Å². The summed E-state index contributed by atoms with van der Waals surface area (Å²) in [5.74, 6) is 2.83. The van der Waals surface area contributed by atoms with Crippen LogP contribution in [0.2, 0.25) is 0 Å². The second-order valence-corrected chi connectivity index (χ2v) is 12.4. The summed E-state index contributed by atoms with van der Waals surface area (Å²) in [5, 5.41) is 20.5. The van der Waals surface area contributed by atoms with Crippen LogP contribution in [0.1, 0.15) is 86.0 Å². The van der Waals surface area contributed by atoms with Crippen molar-refractivity contribution >= 4 is 0 Å². The predicted octanol–water partition coefficient (Wildman–Crippen LogP) is 5.41. The van der Waals surface area contributed by atoms with E-state index in [-0.39, 0.29) is 23.7 Å². The minimum atomic E-state index is -0.539. The van der Waals surface area contributed by atoms with Crippen LogP contribution in [0.5, 0.6) is 0 Å². The van der Waals surface area contributed by atoms with Crippen LogP contribution in [0.3, 0.4) is 0 Å². The van der Waals surface area contributed by atoms with Crippen LogP contribution in [0, 0.1) is 34.5 Å². The van der Waals surface area contributed by atoms with E-state index in [0.717, 1.165) is 31.1 Å². The second-order valence-electron chi connectivity index (χ2n) is 12.4. The van der Waals surface area contributed by atoms with Crippen molar-refractivity contribution in [3.8, 4) is 0 Å². The van der Waals surface area contributed by atoms with Gasteiger partial charge in [-0.2, -0.15) is 0 Å². The summed E-state index contributed by atoms with van der Waals surface area (Å²) in [6, 6.07) is 0. The number of fused-ring (bicyclic) bond motifs is 7. The Bertz CT molecular complexity index is 761. The van der Waals surface area contributed by atoms with Crippen molar-refractivity contribution in [2.75, 3.05) is 0 Å². The molecule has 3 heteroatoms. The van der Waals surface area contributed by atoms with Crippen LogP contribution in [-0.4, -0.2) is 34.1 Å². The number of allylic oxidation sites excluding steroid dienone is 3. The average molecular weight is 415 g/mol. The lowest BCUT2D eigenvalue weighted by atomic mass is 9.50. The van der Waals surface area contributed by atoms with E-state index in [2.05, 4.69) is 32.9 Å². The van der Waals surface area contributed by atoms with Gasteiger partial charge in [0.1, 0.15) is 6.10 Å². The molecule has 3 saturated carbocycles. The highest BCUT2D eigenvalue weighted by atomic mass is 16.6. The normalized spacial score (nSPS) is 48.0. The number of epoxide rings is 1. The number of hydrogen-bond acceptors (Lipinski definition) is 3. The summed E-state index contributed by atoms with van der Waals surface area (Å²) in [6.07, 6.45) is 14.1. The maximum Gasteiger partial charge on any atom is 0.111 e. The van der Waals surface area contributed by atoms with E-state index in [0.29, 0.717) is 17.3 Å². The number of ether oxygens (including phenoxy) is 1. The topological polar surface area (TPSA) is 53.0 Å². The van der Waals surface area contributed by atoms with Crippen LogP contribution in [0.25, 0.3) is 0 Å². The van der Waals surface area contributed by atoms with Gasteiger partial charge in [0.05, 0.1) is 17.8 Å². The van der Waals surface area contributed by atoms with Crippen LogP contribution in [-0.2, 0) is 4.74 Å². The van der Waals surface area contributed by atoms with Gasteiger partial charge in [-0.1, -0.05) is 56.9 Å². The molecule has 5 aliphatic rings. The molecule has 3 nitrogen and oxygen atoms in total. The van der Waals surface area contributed by atoms with Gasteiger partial charge in [-0.15, -0.1) is 0 Å². The summed E-state index contributed by atoms with van der Waals surface area (Å²) in [7, 11) is 0. The first-order chi connectivity index (χ1) is 14.1. The molecule has 5 rings (SSSR count). The molecule has 0 bridgehead atoms. The van der Waals surface area contributed by atoms with Gasteiger partial charge in [0, 0.05) is 5.41 Å². The lowest BCUT2D eigenvalue weighted by Crippen LogP contribution is -2.49. The molecule has 4 aliphatic carbocycles. The molecule has 0 unspecified atom stereocenters. The molecule has 4 fully saturated rings. The molecule has 168 valence electrons. The Morgan fingerprint density at radius 3 is 2.67 bits per heavy atom. The zero-order valence-electron chi connectivity index (χ0n) is 19.7. The molecule has 0 amide bonds. The Balaban J connectivity index is 1.35. The Hall–Kier alpha value is -0.640. The highest BCUT2D eigenvalue weighted by Crippen LogP contribution is 2.68. The third kappa shape index (κ3) is 3.10. The molecule has 1 saturated heterocycles. The van der Waals surface area contributed by atoms with Gasteiger partial charge >= 0.3 is 0 Å². The smallest absolute Gasteiger partial charge is 0.111 e. The van der Waals surface area contributed by atoms with E-state index in [4.69, 9.17) is 4.74 Å². The van der Waals surface area contributed by atoms with Crippen molar-refractivity contribution in [3.63, 3.8) is 0 Å². The fourth-order valence-electron chi connectivity index (χ4n) is 8.42. The fourth-order valence-corrected chi connectivity index (χ4v) is 8.42. The maximum absolute atomic E-state index is 10.4. The SMILES string of the molecule is C[C@H](CCCC(C)(C)O)[C@H]1CC[C@H]2C3=CC=C4C[C@@H](O)[C@@H]5O[C@@H]5[C@]4(C)[C@H]3CC[C@]12C. The molecular weight excluding hydrogens is 372 g/mol. The minimum absolute atomic E-state index is 0.0759. The van der Waals surface area contributed by atoms with Crippen LogP contribution in [0.15, 0.2) is 23.3 Å². The van der Waals surface area contributed by atoms with Crippen molar-refractivity contribution in [1.82, 2.24) is 0 Å².